The van der Waals surface area contributed by atoms with E-state index in [4.69, 9.17) is 11.6 Å². The van der Waals surface area contributed by atoms with Gasteiger partial charge in [-0.1, -0.05) is 60.1 Å². The molecule has 1 aliphatic heterocycles. The number of rotatable bonds is 4. The third kappa shape index (κ3) is 3.76. The van der Waals surface area contributed by atoms with Gasteiger partial charge in [-0.05, 0) is 42.3 Å². The van der Waals surface area contributed by atoms with Crippen LogP contribution in [0.2, 0.25) is 5.02 Å². The predicted molar refractivity (Wildman–Crippen MR) is 128 cm³/mol. The van der Waals surface area contributed by atoms with Gasteiger partial charge in [0.25, 0.3) is 11.7 Å². The number of aryl methyl sites for hydroxylation is 1. The molecule has 1 amide bonds. The molecule has 32 heavy (non-hydrogen) atoms. The molecule has 1 fully saturated rings. The topological polar surface area (TPSA) is 60.9 Å². The van der Waals surface area contributed by atoms with Gasteiger partial charge in [0, 0.05) is 36.1 Å². The average Bonchev–Trinajstić information content (AvgIpc) is 3.06. The van der Waals surface area contributed by atoms with Gasteiger partial charge in [-0.3, -0.25) is 14.5 Å². The van der Waals surface area contributed by atoms with Gasteiger partial charge >= 0.3 is 0 Å². The van der Waals surface area contributed by atoms with Crippen molar-refractivity contribution < 1.29 is 14.7 Å². The van der Waals surface area contributed by atoms with Crippen molar-refractivity contribution >= 4 is 40.4 Å². The van der Waals surface area contributed by atoms with Gasteiger partial charge in [0.05, 0.1) is 11.6 Å². The van der Waals surface area contributed by atoms with Crippen molar-refractivity contribution in [3.8, 4) is 0 Å². The molecule has 1 heterocycles. The fourth-order valence-corrected chi connectivity index (χ4v) is 4.03. The summed E-state index contributed by atoms with van der Waals surface area (Å²) in [5, 5.41) is 11.6. The Kier molecular flexibility index (Phi) is 5.76. The number of amides is 1. The van der Waals surface area contributed by atoms with Crippen molar-refractivity contribution in [1.82, 2.24) is 0 Å². The number of hydrogen-bond donors (Lipinski definition) is 1. The third-order valence-electron chi connectivity index (χ3n) is 5.65. The number of Topliss-reactive ketones (excluding diaryl/α,β-unsaturated/α-hetero) is 1. The number of carbonyl (C=O) groups excluding carboxylic acids is 2. The maximum Gasteiger partial charge on any atom is 0.300 e. The Balaban J connectivity index is 1.93. The highest BCUT2D eigenvalue weighted by molar-refractivity contribution is 6.51. The van der Waals surface area contributed by atoms with Gasteiger partial charge in [-0.25, -0.2) is 0 Å². The number of halogens is 1. The summed E-state index contributed by atoms with van der Waals surface area (Å²) < 4.78 is 0. The molecule has 0 saturated carbocycles. The van der Waals surface area contributed by atoms with Crippen LogP contribution in [0, 0.1) is 6.92 Å². The average molecular weight is 447 g/mol. The summed E-state index contributed by atoms with van der Waals surface area (Å²) in [7, 11) is 3.87. The summed E-state index contributed by atoms with van der Waals surface area (Å²) in [4.78, 5) is 29.7. The maximum absolute atomic E-state index is 13.2. The largest absolute Gasteiger partial charge is 0.507 e. The maximum atomic E-state index is 13.2. The molecule has 6 heteroatoms. The van der Waals surface area contributed by atoms with E-state index >= 15 is 0 Å². The van der Waals surface area contributed by atoms with E-state index in [2.05, 4.69) is 0 Å². The zero-order valence-corrected chi connectivity index (χ0v) is 18.8. The molecule has 0 spiro atoms. The van der Waals surface area contributed by atoms with E-state index in [1.165, 1.54) is 4.90 Å². The lowest BCUT2D eigenvalue weighted by atomic mass is 9.95. The quantitative estimate of drug-likeness (QED) is 0.334. The van der Waals surface area contributed by atoms with Crippen LogP contribution in [0.5, 0.6) is 0 Å². The van der Waals surface area contributed by atoms with Crippen LogP contribution in [0.4, 0.5) is 11.4 Å². The molecule has 0 unspecified atom stereocenters. The first-order chi connectivity index (χ1) is 15.3. The molecule has 5 nitrogen and oxygen atoms in total. The zero-order valence-electron chi connectivity index (χ0n) is 18.0. The molecule has 162 valence electrons. The number of ketones is 1. The molecule has 3 aromatic rings. The predicted octanol–water partition coefficient (Wildman–Crippen LogP) is 5.34. The highest BCUT2D eigenvalue weighted by atomic mass is 35.5. The summed E-state index contributed by atoms with van der Waals surface area (Å²) in [6, 6.07) is 20.8. The van der Waals surface area contributed by atoms with Crippen LogP contribution in [0.3, 0.4) is 0 Å². The monoisotopic (exact) mass is 446 g/mol. The fourth-order valence-electron chi connectivity index (χ4n) is 3.85. The highest BCUT2D eigenvalue weighted by Crippen LogP contribution is 2.43. The second-order valence-corrected chi connectivity index (χ2v) is 8.36. The van der Waals surface area contributed by atoms with Gasteiger partial charge in [0.2, 0.25) is 0 Å². The van der Waals surface area contributed by atoms with E-state index in [1.807, 2.05) is 56.3 Å². The van der Waals surface area contributed by atoms with Crippen molar-refractivity contribution in [3.05, 3.63) is 100 Å². The molecule has 1 aliphatic rings. The second-order valence-electron chi connectivity index (χ2n) is 7.95. The van der Waals surface area contributed by atoms with E-state index in [0.717, 1.165) is 11.3 Å². The van der Waals surface area contributed by atoms with E-state index in [1.54, 1.807) is 42.5 Å². The Labute approximate surface area is 192 Å². The molecule has 4 rings (SSSR count). The van der Waals surface area contributed by atoms with Gasteiger partial charge in [-0.2, -0.15) is 0 Å². The molecule has 0 aliphatic carbocycles. The Morgan fingerprint density at radius 2 is 1.62 bits per heavy atom. The number of aliphatic hydroxyl groups is 1. The second kappa shape index (κ2) is 8.52. The van der Waals surface area contributed by atoms with Crippen LogP contribution in [0.25, 0.3) is 5.76 Å². The van der Waals surface area contributed by atoms with Crippen LogP contribution in [-0.2, 0) is 9.59 Å². The van der Waals surface area contributed by atoms with Crippen LogP contribution in [-0.4, -0.2) is 30.9 Å². The minimum atomic E-state index is -0.787. The smallest absolute Gasteiger partial charge is 0.300 e. The molecule has 3 aromatic carbocycles. The molecule has 0 radical (unpaired) electrons. The molecular weight excluding hydrogens is 424 g/mol. The van der Waals surface area contributed by atoms with Crippen molar-refractivity contribution in [2.45, 2.75) is 13.0 Å². The lowest BCUT2D eigenvalue weighted by Gasteiger charge is -2.26. The first-order valence-corrected chi connectivity index (χ1v) is 10.6. The zero-order chi connectivity index (χ0) is 23.0. The lowest BCUT2D eigenvalue weighted by molar-refractivity contribution is -0.132. The van der Waals surface area contributed by atoms with Gasteiger partial charge in [0.1, 0.15) is 5.76 Å². The molecule has 1 N–H and O–H groups in total. The van der Waals surface area contributed by atoms with Crippen LogP contribution < -0.4 is 9.80 Å². The first kappa shape index (κ1) is 21.7. The summed E-state index contributed by atoms with van der Waals surface area (Å²) >= 11 is 6.33. The van der Waals surface area contributed by atoms with Gasteiger partial charge < -0.3 is 10.0 Å². The summed E-state index contributed by atoms with van der Waals surface area (Å²) in [5.41, 5.74) is 3.58. The Morgan fingerprint density at radius 1 is 0.969 bits per heavy atom. The number of aliphatic hydroxyl groups excluding tert-OH is 1. The number of anilines is 2. The molecule has 0 aromatic heterocycles. The SMILES string of the molecule is Cc1ccc(N2C(=O)C(=O)/C(=C(/O)c3ccccc3)[C@H]2c2ccc(N(C)C)cc2)cc1Cl. The highest BCUT2D eigenvalue weighted by Gasteiger charge is 2.47. The molecule has 1 saturated heterocycles. The minimum absolute atomic E-state index is 0.0514. The summed E-state index contributed by atoms with van der Waals surface area (Å²) in [6.45, 7) is 1.87. The summed E-state index contributed by atoms with van der Waals surface area (Å²) in [6.07, 6.45) is 0. The Bertz CT molecular complexity index is 1220. The number of carbonyl (C=O) groups is 2. The van der Waals surface area contributed by atoms with E-state index in [0.29, 0.717) is 21.8 Å². The van der Waals surface area contributed by atoms with E-state index in [-0.39, 0.29) is 11.3 Å². The Morgan fingerprint density at radius 3 is 2.22 bits per heavy atom. The standard InChI is InChI=1S/C26H23ClN2O3/c1-16-9-12-20(15-21(16)27)29-23(17-10-13-19(14-11-17)28(2)3)22(25(31)26(29)32)24(30)18-7-5-4-6-8-18/h4-15,23,30H,1-3H3/b24-22+/t23-/m1/s1. The van der Waals surface area contributed by atoms with Crippen molar-refractivity contribution in [2.75, 3.05) is 23.9 Å². The lowest BCUT2D eigenvalue weighted by Crippen LogP contribution is -2.29. The van der Waals surface area contributed by atoms with Gasteiger partial charge in [0.15, 0.2) is 0 Å². The number of hydrogen-bond acceptors (Lipinski definition) is 4. The fraction of sp³-hybridized carbons (Fsp3) is 0.154. The first-order valence-electron chi connectivity index (χ1n) is 10.2. The number of benzene rings is 3. The molecule has 0 bridgehead atoms. The third-order valence-corrected chi connectivity index (χ3v) is 6.06. The van der Waals surface area contributed by atoms with Gasteiger partial charge in [-0.15, -0.1) is 0 Å². The van der Waals surface area contributed by atoms with E-state index in [9.17, 15) is 14.7 Å². The van der Waals surface area contributed by atoms with Crippen LogP contribution >= 0.6 is 11.6 Å². The normalized spacial score (nSPS) is 17.6. The van der Waals surface area contributed by atoms with Crippen LogP contribution in [0.1, 0.15) is 22.7 Å². The Hall–Kier alpha value is -3.57. The molecule has 1 atom stereocenters. The minimum Gasteiger partial charge on any atom is -0.507 e. The van der Waals surface area contributed by atoms with Crippen molar-refractivity contribution in [2.24, 2.45) is 0 Å². The summed E-state index contributed by atoms with van der Waals surface area (Å²) in [5.74, 6) is -1.64. The van der Waals surface area contributed by atoms with Crippen LogP contribution in [0.15, 0.2) is 78.4 Å². The number of nitrogens with zero attached hydrogens (tertiary/aromatic N) is 2. The van der Waals surface area contributed by atoms with E-state index < -0.39 is 17.7 Å². The van der Waals surface area contributed by atoms with Crippen molar-refractivity contribution in [3.63, 3.8) is 0 Å². The molecular formula is C26H23ClN2O3. The van der Waals surface area contributed by atoms with Crippen molar-refractivity contribution in [1.29, 1.82) is 0 Å².